The predicted molar refractivity (Wildman–Crippen MR) is 48.6 cm³/mol. The molecule has 1 heterocycles. The highest BCUT2D eigenvalue weighted by molar-refractivity contribution is 5.89. The minimum absolute atomic E-state index is 0.240. The van der Waals surface area contributed by atoms with Crippen LogP contribution in [0.3, 0.4) is 0 Å². The molecular formula is C10H4F3NO2. The van der Waals surface area contributed by atoms with E-state index in [1.54, 1.807) is 0 Å². The lowest BCUT2D eigenvalue weighted by atomic mass is 10.2. The van der Waals surface area contributed by atoms with Gasteiger partial charge in [0, 0.05) is 11.5 Å². The van der Waals surface area contributed by atoms with E-state index in [0.29, 0.717) is 6.07 Å². The first-order chi connectivity index (χ1) is 7.50. The van der Waals surface area contributed by atoms with Crippen LogP contribution >= 0.6 is 0 Å². The first-order valence-corrected chi connectivity index (χ1v) is 4.18. The van der Waals surface area contributed by atoms with E-state index in [0.717, 1.165) is 12.1 Å². The normalized spacial score (nSPS) is 10.7. The maximum atomic E-state index is 13.2. The van der Waals surface area contributed by atoms with Crippen LogP contribution in [0.25, 0.3) is 10.9 Å². The fourth-order valence-electron chi connectivity index (χ4n) is 1.30. The van der Waals surface area contributed by atoms with E-state index < -0.39 is 23.4 Å². The van der Waals surface area contributed by atoms with E-state index in [4.69, 9.17) is 5.11 Å². The summed E-state index contributed by atoms with van der Waals surface area (Å²) < 4.78 is 38.9. The quantitative estimate of drug-likeness (QED) is 0.760. The highest BCUT2D eigenvalue weighted by Gasteiger charge is 2.15. The molecule has 0 unspecified atom stereocenters. The molecule has 0 saturated heterocycles. The van der Waals surface area contributed by atoms with Crippen LogP contribution in [0.1, 0.15) is 10.5 Å². The van der Waals surface area contributed by atoms with Gasteiger partial charge in [0.2, 0.25) is 0 Å². The molecule has 0 saturated carbocycles. The number of carbonyl (C=O) groups is 1. The average molecular weight is 227 g/mol. The van der Waals surface area contributed by atoms with Crippen molar-refractivity contribution in [3.8, 4) is 0 Å². The molecule has 2 rings (SSSR count). The second-order valence-corrected chi connectivity index (χ2v) is 3.05. The number of hydrogen-bond donors (Lipinski definition) is 1. The standard InChI is InChI=1S/C10H4F3NO2/c11-5-3-7-4(8(12)9(5)13)1-2-6(14-7)10(15)16/h1-3H,(H,15,16). The minimum atomic E-state index is -1.60. The molecule has 0 radical (unpaired) electrons. The number of halogens is 3. The molecule has 0 atom stereocenters. The zero-order valence-corrected chi connectivity index (χ0v) is 7.67. The summed E-state index contributed by atoms with van der Waals surface area (Å²) in [5.74, 6) is -5.70. The maximum Gasteiger partial charge on any atom is 0.354 e. The van der Waals surface area contributed by atoms with E-state index in [1.807, 2.05) is 0 Å². The van der Waals surface area contributed by atoms with Gasteiger partial charge < -0.3 is 5.11 Å². The van der Waals surface area contributed by atoms with Crippen LogP contribution in [0.4, 0.5) is 13.2 Å². The largest absolute Gasteiger partial charge is 0.477 e. The lowest BCUT2D eigenvalue weighted by Gasteiger charge is -2.02. The van der Waals surface area contributed by atoms with Gasteiger partial charge in [0.05, 0.1) is 5.52 Å². The summed E-state index contributed by atoms with van der Waals surface area (Å²) in [5.41, 5.74) is -0.603. The Balaban J connectivity index is 2.81. The van der Waals surface area contributed by atoms with Crippen molar-refractivity contribution < 1.29 is 23.1 Å². The number of rotatable bonds is 1. The highest BCUT2D eigenvalue weighted by atomic mass is 19.2. The summed E-state index contributed by atoms with van der Waals surface area (Å²) in [6.07, 6.45) is 0. The molecule has 0 aliphatic rings. The Morgan fingerprint density at radius 1 is 1.19 bits per heavy atom. The maximum absolute atomic E-state index is 13.2. The van der Waals surface area contributed by atoms with Crippen LogP contribution in [0, 0.1) is 17.5 Å². The van der Waals surface area contributed by atoms with Gasteiger partial charge in [-0.2, -0.15) is 0 Å². The second-order valence-electron chi connectivity index (χ2n) is 3.05. The Kier molecular flexibility index (Phi) is 2.26. The first kappa shape index (κ1) is 10.4. The Labute approximate surface area is 87.2 Å². The van der Waals surface area contributed by atoms with E-state index >= 15 is 0 Å². The first-order valence-electron chi connectivity index (χ1n) is 4.18. The topological polar surface area (TPSA) is 50.2 Å². The lowest BCUT2D eigenvalue weighted by molar-refractivity contribution is 0.0691. The van der Waals surface area contributed by atoms with Gasteiger partial charge >= 0.3 is 5.97 Å². The Morgan fingerprint density at radius 2 is 1.88 bits per heavy atom. The second kappa shape index (κ2) is 3.48. The summed E-state index contributed by atoms with van der Waals surface area (Å²) in [4.78, 5) is 14.0. The molecule has 0 fully saturated rings. The summed E-state index contributed by atoms with van der Waals surface area (Å²) in [6, 6.07) is 2.72. The van der Waals surface area contributed by atoms with E-state index in [2.05, 4.69) is 4.98 Å². The van der Waals surface area contributed by atoms with Crippen molar-refractivity contribution in [3.63, 3.8) is 0 Å². The Bertz CT molecular complexity index is 598. The van der Waals surface area contributed by atoms with Crippen molar-refractivity contribution in [3.05, 3.63) is 41.3 Å². The van der Waals surface area contributed by atoms with Gasteiger partial charge in [-0.3, -0.25) is 0 Å². The summed E-state index contributed by atoms with van der Waals surface area (Å²) >= 11 is 0. The number of aromatic nitrogens is 1. The van der Waals surface area contributed by atoms with Crippen molar-refractivity contribution in [1.82, 2.24) is 4.98 Å². The molecule has 1 aromatic carbocycles. The van der Waals surface area contributed by atoms with Gasteiger partial charge in [-0.1, -0.05) is 0 Å². The molecule has 3 nitrogen and oxygen atoms in total. The van der Waals surface area contributed by atoms with Crippen LogP contribution in [0.15, 0.2) is 18.2 Å². The van der Waals surface area contributed by atoms with Crippen LogP contribution in [-0.2, 0) is 0 Å². The van der Waals surface area contributed by atoms with Crippen LogP contribution < -0.4 is 0 Å². The smallest absolute Gasteiger partial charge is 0.354 e. The minimum Gasteiger partial charge on any atom is -0.477 e. The van der Waals surface area contributed by atoms with E-state index in [-0.39, 0.29) is 16.6 Å². The molecule has 1 aromatic heterocycles. The van der Waals surface area contributed by atoms with Crippen molar-refractivity contribution >= 4 is 16.9 Å². The number of carboxylic acids is 1. The third-order valence-electron chi connectivity index (χ3n) is 2.05. The van der Waals surface area contributed by atoms with Gasteiger partial charge in [-0.15, -0.1) is 0 Å². The SMILES string of the molecule is O=C(O)c1ccc2c(F)c(F)c(F)cc2n1. The van der Waals surface area contributed by atoms with Crippen LogP contribution in [-0.4, -0.2) is 16.1 Å². The average Bonchev–Trinajstić information content (AvgIpc) is 2.25. The lowest BCUT2D eigenvalue weighted by Crippen LogP contribution is -2.01. The zero-order valence-electron chi connectivity index (χ0n) is 7.67. The molecule has 82 valence electrons. The number of hydrogen-bond acceptors (Lipinski definition) is 2. The molecule has 0 aliphatic heterocycles. The Hall–Kier alpha value is -2.11. The summed E-state index contributed by atoms with van der Waals surface area (Å²) in [6.45, 7) is 0. The number of pyridine rings is 1. The van der Waals surface area contributed by atoms with Crippen molar-refractivity contribution in [2.24, 2.45) is 0 Å². The monoisotopic (exact) mass is 227 g/mol. The van der Waals surface area contributed by atoms with Crippen molar-refractivity contribution in [2.45, 2.75) is 0 Å². The molecule has 0 amide bonds. The van der Waals surface area contributed by atoms with E-state index in [1.165, 1.54) is 0 Å². The number of benzene rings is 1. The van der Waals surface area contributed by atoms with E-state index in [9.17, 15) is 18.0 Å². The van der Waals surface area contributed by atoms with Gasteiger partial charge in [0.1, 0.15) is 5.69 Å². The fraction of sp³-hybridized carbons (Fsp3) is 0. The van der Waals surface area contributed by atoms with Gasteiger partial charge in [-0.05, 0) is 12.1 Å². The van der Waals surface area contributed by atoms with Crippen molar-refractivity contribution in [2.75, 3.05) is 0 Å². The van der Waals surface area contributed by atoms with Gasteiger partial charge in [-0.25, -0.2) is 22.9 Å². The Morgan fingerprint density at radius 3 is 2.50 bits per heavy atom. The summed E-state index contributed by atoms with van der Waals surface area (Å²) in [7, 11) is 0. The third kappa shape index (κ3) is 1.48. The third-order valence-corrected chi connectivity index (χ3v) is 2.05. The molecule has 0 spiro atoms. The number of nitrogens with zero attached hydrogens (tertiary/aromatic N) is 1. The number of fused-ring (bicyclic) bond motifs is 1. The van der Waals surface area contributed by atoms with Crippen molar-refractivity contribution in [1.29, 1.82) is 0 Å². The molecule has 0 aliphatic carbocycles. The molecule has 2 aromatic rings. The molecule has 6 heteroatoms. The highest BCUT2D eigenvalue weighted by Crippen LogP contribution is 2.21. The summed E-state index contributed by atoms with van der Waals surface area (Å²) in [5, 5.41) is 8.35. The fourth-order valence-corrected chi connectivity index (χ4v) is 1.30. The molecule has 16 heavy (non-hydrogen) atoms. The predicted octanol–water partition coefficient (Wildman–Crippen LogP) is 2.35. The number of carboxylic acid groups (broad SMARTS) is 1. The van der Waals surface area contributed by atoms with Crippen LogP contribution in [0.2, 0.25) is 0 Å². The molecular weight excluding hydrogens is 223 g/mol. The zero-order chi connectivity index (χ0) is 11.9. The van der Waals surface area contributed by atoms with Gasteiger partial charge in [0.25, 0.3) is 0 Å². The molecule has 0 bridgehead atoms. The number of aromatic carboxylic acids is 1. The molecule has 1 N–H and O–H groups in total. The van der Waals surface area contributed by atoms with Crippen LogP contribution in [0.5, 0.6) is 0 Å². The van der Waals surface area contributed by atoms with Gasteiger partial charge in [0.15, 0.2) is 17.5 Å².